The summed E-state index contributed by atoms with van der Waals surface area (Å²) in [6, 6.07) is -0.0379. The largest absolute Gasteiger partial charge is 0.466 e. The molecule has 82 valence electrons. The lowest BCUT2D eigenvalue weighted by molar-refractivity contribution is -0.144. The van der Waals surface area contributed by atoms with E-state index in [0.29, 0.717) is 13.0 Å². The molecule has 2 N–H and O–H groups in total. The van der Waals surface area contributed by atoms with E-state index in [1.54, 1.807) is 0 Å². The molecular formula is C11H21NO2. The van der Waals surface area contributed by atoms with Gasteiger partial charge in [0.15, 0.2) is 0 Å². The van der Waals surface area contributed by atoms with Gasteiger partial charge in [0.1, 0.15) is 0 Å². The Morgan fingerprint density at radius 1 is 1.50 bits per heavy atom. The first-order valence-electron chi connectivity index (χ1n) is 5.49. The molecule has 3 heteroatoms. The van der Waals surface area contributed by atoms with Gasteiger partial charge in [-0.3, -0.25) is 4.79 Å². The lowest BCUT2D eigenvalue weighted by Gasteiger charge is -2.30. The van der Waals surface area contributed by atoms with Crippen LogP contribution in [0.3, 0.4) is 0 Å². The molecule has 1 saturated carbocycles. The molecule has 0 bridgehead atoms. The van der Waals surface area contributed by atoms with Gasteiger partial charge in [0.2, 0.25) is 0 Å². The smallest absolute Gasteiger partial charge is 0.307 e. The minimum absolute atomic E-state index is 0.0379. The van der Waals surface area contributed by atoms with E-state index >= 15 is 0 Å². The molecule has 3 nitrogen and oxygen atoms in total. The zero-order chi connectivity index (χ0) is 10.6. The second-order valence-electron chi connectivity index (χ2n) is 4.48. The van der Waals surface area contributed by atoms with E-state index in [2.05, 4.69) is 6.92 Å². The zero-order valence-electron chi connectivity index (χ0n) is 9.21. The Bertz CT molecular complexity index is 197. The highest BCUT2D eigenvalue weighted by molar-refractivity contribution is 5.70. The van der Waals surface area contributed by atoms with Gasteiger partial charge in [-0.25, -0.2) is 0 Å². The molecule has 1 aliphatic rings. The van der Waals surface area contributed by atoms with Crippen molar-refractivity contribution in [1.29, 1.82) is 0 Å². The van der Waals surface area contributed by atoms with E-state index in [-0.39, 0.29) is 17.4 Å². The maximum atomic E-state index is 11.3. The number of carbonyl (C=O) groups excluding carboxylic acids is 1. The summed E-state index contributed by atoms with van der Waals surface area (Å²) < 4.78 is 4.90. The first kappa shape index (κ1) is 11.5. The van der Waals surface area contributed by atoms with Crippen molar-refractivity contribution in [3.05, 3.63) is 0 Å². The van der Waals surface area contributed by atoms with Crippen molar-refractivity contribution in [2.45, 2.75) is 52.0 Å². The third kappa shape index (κ3) is 2.71. The lowest BCUT2D eigenvalue weighted by Crippen LogP contribution is -2.39. The number of rotatable bonds is 4. The van der Waals surface area contributed by atoms with E-state index in [4.69, 9.17) is 10.5 Å². The van der Waals surface area contributed by atoms with E-state index < -0.39 is 0 Å². The van der Waals surface area contributed by atoms with Gasteiger partial charge in [-0.15, -0.1) is 0 Å². The van der Waals surface area contributed by atoms with Crippen LogP contribution < -0.4 is 5.73 Å². The standard InChI is InChI=1S/C11H21NO2/c1-3-14-10(13)8-9(12)11(2)6-4-5-7-11/h9H,3-8,12H2,1-2H3/t9-/m1/s1. The van der Waals surface area contributed by atoms with Gasteiger partial charge in [0, 0.05) is 6.04 Å². The molecule has 1 atom stereocenters. The molecule has 0 unspecified atom stereocenters. The Balaban J connectivity index is 2.40. The van der Waals surface area contributed by atoms with Crippen LogP contribution in [0.2, 0.25) is 0 Å². The second kappa shape index (κ2) is 4.78. The maximum absolute atomic E-state index is 11.3. The number of ether oxygens (including phenoxy) is 1. The third-order valence-electron chi connectivity index (χ3n) is 3.33. The number of hydrogen-bond donors (Lipinski definition) is 1. The van der Waals surface area contributed by atoms with Crippen molar-refractivity contribution < 1.29 is 9.53 Å². The number of carbonyl (C=O) groups is 1. The van der Waals surface area contributed by atoms with Gasteiger partial charge in [-0.05, 0) is 25.2 Å². The number of esters is 1. The Morgan fingerprint density at radius 3 is 2.57 bits per heavy atom. The van der Waals surface area contributed by atoms with E-state index in [9.17, 15) is 4.79 Å². The van der Waals surface area contributed by atoms with Crippen LogP contribution in [0.4, 0.5) is 0 Å². The number of nitrogens with two attached hydrogens (primary N) is 1. The fraction of sp³-hybridized carbons (Fsp3) is 0.909. The maximum Gasteiger partial charge on any atom is 0.307 e. The molecular weight excluding hydrogens is 178 g/mol. The van der Waals surface area contributed by atoms with Crippen LogP contribution in [-0.4, -0.2) is 18.6 Å². The molecule has 0 aromatic rings. The molecule has 0 heterocycles. The summed E-state index contributed by atoms with van der Waals surface area (Å²) >= 11 is 0. The van der Waals surface area contributed by atoms with Crippen LogP contribution >= 0.6 is 0 Å². The summed E-state index contributed by atoms with van der Waals surface area (Å²) in [5.74, 6) is -0.159. The fourth-order valence-electron chi connectivity index (χ4n) is 2.20. The highest BCUT2D eigenvalue weighted by Crippen LogP contribution is 2.40. The predicted octanol–water partition coefficient (Wildman–Crippen LogP) is 1.85. The topological polar surface area (TPSA) is 52.3 Å². The van der Waals surface area contributed by atoms with Crippen molar-refractivity contribution in [2.75, 3.05) is 6.61 Å². The quantitative estimate of drug-likeness (QED) is 0.703. The highest BCUT2D eigenvalue weighted by Gasteiger charge is 2.35. The summed E-state index contributed by atoms with van der Waals surface area (Å²) in [5, 5.41) is 0. The van der Waals surface area contributed by atoms with Crippen molar-refractivity contribution in [2.24, 2.45) is 11.1 Å². The SMILES string of the molecule is CCOC(=O)C[C@@H](N)C1(C)CCCC1. The molecule has 1 aliphatic carbocycles. The molecule has 1 fully saturated rings. The molecule has 0 aromatic heterocycles. The van der Waals surface area contributed by atoms with Gasteiger partial charge in [0.05, 0.1) is 13.0 Å². The summed E-state index contributed by atoms with van der Waals surface area (Å²) in [6.07, 6.45) is 5.14. The average Bonchev–Trinajstić information content (AvgIpc) is 2.54. The van der Waals surface area contributed by atoms with Crippen LogP contribution in [0.5, 0.6) is 0 Å². The molecule has 0 spiro atoms. The molecule has 0 amide bonds. The summed E-state index contributed by atoms with van der Waals surface area (Å²) in [6.45, 7) is 4.45. The molecule has 14 heavy (non-hydrogen) atoms. The van der Waals surface area contributed by atoms with Gasteiger partial charge in [-0.2, -0.15) is 0 Å². The summed E-state index contributed by atoms with van der Waals surface area (Å²) in [7, 11) is 0. The summed E-state index contributed by atoms with van der Waals surface area (Å²) in [4.78, 5) is 11.3. The third-order valence-corrected chi connectivity index (χ3v) is 3.33. The van der Waals surface area contributed by atoms with E-state index in [0.717, 1.165) is 12.8 Å². The monoisotopic (exact) mass is 199 g/mol. The van der Waals surface area contributed by atoms with Crippen LogP contribution in [-0.2, 0) is 9.53 Å². The Morgan fingerprint density at radius 2 is 2.07 bits per heavy atom. The van der Waals surface area contributed by atoms with Gasteiger partial charge < -0.3 is 10.5 Å². The Labute approximate surface area is 86.0 Å². The van der Waals surface area contributed by atoms with Crippen molar-refractivity contribution in [1.82, 2.24) is 0 Å². The molecule has 0 radical (unpaired) electrons. The lowest BCUT2D eigenvalue weighted by atomic mass is 9.80. The van der Waals surface area contributed by atoms with Crippen molar-refractivity contribution >= 4 is 5.97 Å². The predicted molar refractivity (Wildman–Crippen MR) is 55.8 cm³/mol. The van der Waals surface area contributed by atoms with Gasteiger partial charge >= 0.3 is 5.97 Å². The summed E-state index contributed by atoms with van der Waals surface area (Å²) in [5.41, 5.74) is 6.20. The van der Waals surface area contributed by atoms with Crippen LogP contribution in [0.25, 0.3) is 0 Å². The Kier molecular flexibility index (Phi) is 3.93. The minimum atomic E-state index is -0.159. The molecule has 1 rings (SSSR count). The van der Waals surface area contributed by atoms with Crippen molar-refractivity contribution in [3.63, 3.8) is 0 Å². The van der Waals surface area contributed by atoms with Gasteiger partial charge in [-0.1, -0.05) is 19.8 Å². The minimum Gasteiger partial charge on any atom is -0.466 e. The second-order valence-corrected chi connectivity index (χ2v) is 4.48. The van der Waals surface area contributed by atoms with E-state index in [1.807, 2.05) is 6.92 Å². The first-order valence-corrected chi connectivity index (χ1v) is 5.49. The Hall–Kier alpha value is -0.570. The normalized spacial score (nSPS) is 21.9. The fourth-order valence-corrected chi connectivity index (χ4v) is 2.20. The molecule has 0 aliphatic heterocycles. The zero-order valence-corrected chi connectivity index (χ0v) is 9.21. The van der Waals surface area contributed by atoms with Crippen LogP contribution in [0.1, 0.15) is 46.0 Å². The number of hydrogen-bond acceptors (Lipinski definition) is 3. The van der Waals surface area contributed by atoms with Crippen LogP contribution in [0, 0.1) is 5.41 Å². The van der Waals surface area contributed by atoms with E-state index in [1.165, 1.54) is 12.8 Å². The average molecular weight is 199 g/mol. The molecule has 0 saturated heterocycles. The van der Waals surface area contributed by atoms with Gasteiger partial charge in [0.25, 0.3) is 0 Å². The first-order chi connectivity index (χ1) is 6.58. The van der Waals surface area contributed by atoms with Crippen LogP contribution in [0.15, 0.2) is 0 Å². The molecule has 0 aromatic carbocycles. The highest BCUT2D eigenvalue weighted by atomic mass is 16.5. The van der Waals surface area contributed by atoms with Crippen molar-refractivity contribution in [3.8, 4) is 0 Å².